The van der Waals surface area contributed by atoms with Gasteiger partial charge in [0.1, 0.15) is 5.58 Å². The smallest absolute Gasteiger partial charge is 0.291 e. The van der Waals surface area contributed by atoms with E-state index in [4.69, 9.17) is 4.42 Å². The van der Waals surface area contributed by atoms with E-state index < -0.39 is 0 Å². The first-order valence-corrected chi connectivity index (χ1v) is 9.30. The van der Waals surface area contributed by atoms with Gasteiger partial charge in [-0.15, -0.1) is 5.10 Å². The molecule has 1 aliphatic carbocycles. The number of nitrogens with zero attached hydrogens (tertiary/aromatic N) is 4. The standard InChI is InChI=1S/C21H19N5O2/c1-12-5-3-8-17-13(2)19(28-18(12)17)21(27)22-15-7-4-6-14(11-15)20-23-24-25-26(20)16-9-10-16/h3-8,11,16H,9-10H2,1-2H3,(H,22,27). The monoisotopic (exact) mass is 373 g/mol. The SMILES string of the molecule is Cc1c(C(=O)Nc2cccc(-c3nnnn3C3CC3)c2)oc2c(C)cccc12. The number of benzene rings is 2. The van der Waals surface area contributed by atoms with Crippen LogP contribution in [0.25, 0.3) is 22.4 Å². The molecule has 0 spiro atoms. The van der Waals surface area contributed by atoms with Crippen LogP contribution in [0.2, 0.25) is 0 Å². The molecule has 1 fully saturated rings. The average molecular weight is 373 g/mol. The van der Waals surface area contributed by atoms with E-state index in [1.807, 2.05) is 61.0 Å². The third-order valence-electron chi connectivity index (χ3n) is 5.13. The van der Waals surface area contributed by atoms with Crippen molar-refractivity contribution in [3.63, 3.8) is 0 Å². The highest BCUT2D eigenvalue weighted by molar-refractivity contribution is 6.06. The number of amides is 1. The maximum Gasteiger partial charge on any atom is 0.291 e. The number of tetrazole rings is 1. The summed E-state index contributed by atoms with van der Waals surface area (Å²) >= 11 is 0. The molecule has 28 heavy (non-hydrogen) atoms. The van der Waals surface area contributed by atoms with Gasteiger partial charge in [-0.3, -0.25) is 4.79 Å². The Morgan fingerprint density at radius 3 is 2.79 bits per heavy atom. The van der Waals surface area contributed by atoms with Crippen molar-refractivity contribution in [3.8, 4) is 11.4 Å². The lowest BCUT2D eigenvalue weighted by Gasteiger charge is -2.07. The summed E-state index contributed by atoms with van der Waals surface area (Å²) < 4.78 is 7.73. The summed E-state index contributed by atoms with van der Waals surface area (Å²) in [5.74, 6) is 0.777. The molecule has 7 nitrogen and oxygen atoms in total. The van der Waals surface area contributed by atoms with Crippen molar-refractivity contribution < 1.29 is 9.21 Å². The number of para-hydroxylation sites is 1. The predicted octanol–water partition coefficient (Wildman–Crippen LogP) is 4.29. The van der Waals surface area contributed by atoms with Crippen LogP contribution in [0.4, 0.5) is 5.69 Å². The Labute approximate surface area is 161 Å². The molecule has 2 aromatic heterocycles. The van der Waals surface area contributed by atoms with Gasteiger partial charge in [0.2, 0.25) is 0 Å². The maximum absolute atomic E-state index is 12.8. The molecule has 0 unspecified atom stereocenters. The minimum absolute atomic E-state index is 0.271. The van der Waals surface area contributed by atoms with Crippen LogP contribution in [0.15, 0.2) is 46.9 Å². The molecule has 0 aliphatic heterocycles. The Morgan fingerprint density at radius 1 is 1.18 bits per heavy atom. The Hall–Kier alpha value is -3.48. The Kier molecular flexibility index (Phi) is 3.75. The van der Waals surface area contributed by atoms with E-state index in [2.05, 4.69) is 20.8 Å². The molecule has 4 aromatic rings. The number of carbonyl (C=O) groups is 1. The van der Waals surface area contributed by atoms with E-state index in [9.17, 15) is 4.79 Å². The van der Waals surface area contributed by atoms with E-state index in [0.29, 0.717) is 23.3 Å². The fourth-order valence-corrected chi connectivity index (χ4v) is 3.47. The van der Waals surface area contributed by atoms with E-state index in [1.54, 1.807) is 0 Å². The van der Waals surface area contributed by atoms with Gasteiger partial charge in [-0.1, -0.05) is 30.3 Å². The summed E-state index contributed by atoms with van der Waals surface area (Å²) in [6.45, 7) is 3.88. The molecule has 5 rings (SSSR count). The van der Waals surface area contributed by atoms with E-state index in [-0.39, 0.29) is 5.91 Å². The molecule has 140 valence electrons. The minimum Gasteiger partial charge on any atom is -0.450 e. The average Bonchev–Trinajstić information content (AvgIpc) is 3.31. The van der Waals surface area contributed by atoms with Crippen molar-refractivity contribution in [1.82, 2.24) is 20.2 Å². The number of aryl methyl sites for hydroxylation is 2. The minimum atomic E-state index is -0.271. The third kappa shape index (κ3) is 2.76. The molecule has 2 heterocycles. The zero-order valence-electron chi connectivity index (χ0n) is 15.6. The van der Waals surface area contributed by atoms with Crippen molar-refractivity contribution in [2.45, 2.75) is 32.7 Å². The van der Waals surface area contributed by atoms with Gasteiger partial charge in [0.25, 0.3) is 5.91 Å². The van der Waals surface area contributed by atoms with Crippen molar-refractivity contribution in [3.05, 3.63) is 59.4 Å². The summed E-state index contributed by atoms with van der Waals surface area (Å²) in [6, 6.07) is 13.8. The highest BCUT2D eigenvalue weighted by Gasteiger charge is 2.28. The van der Waals surface area contributed by atoms with E-state index in [1.165, 1.54) is 0 Å². The lowest BCUT2D eigenvalue weighted by atomic mass is 10.1. The maximum atomic E-state index is 12.8. The van der Waals surface area contributed by atoms with Crippen LogP contribution in [-0.4, -0.2) is 26.1 Å². The molecule has 0 saturated heterocycles. The van der Waals surface area contributed by atoms with Crippen molar-refractivity contribution in [1.29, 1.82) is 0 Å². The number of anilines is 1. The molecule has 1 saturated carbocycles. The van der Waals surface area contributed by atoms with E-state index >= 15 is 0 Å². The molecule has 0 bridgehead atoms. The topological polar surface area (TPSA) is 85.8 Å². The van der Waals surface area contributed by atoms with Crippen molar-refractivity contribution in [2.24, 2.45) is 0 Å². The van der Waals surface area contributed by atoms with Crippen LogP contribution < -0.4 is 5.32 Å². The first kappa shape index (κ1) is 16.7. The van der Waals surface area contributed by atoms with Crippen molar-refractivity contribution >= 4 is 22.6 Å². The molecule has 1 amide bonds. The van der Waals surface area contributed by atoms with Gasteiger partial charge in [-0.05, 0) is 54.8 Å². The largest absolute Gasteiger partial charge is 0.450 e. The van der Waals surface area contributed by atoms with Gasteiger partial charge in [0.05, 0.1) is 6.04 Å². The van der Waals surface area contributed by atoms with Crippen LogP contribution in [0.1, 0.15) is 40.6 Å². The number of nitrogens with one attached hydrogen (secondary N) is 1. The van der Waals surface area contributed by atoms with Gasteiger partial charge >= 0.3 is 0 Å². The summed E-state index contributed by atoms with van der Waals surface area (Å²) in [6.07, 6.45) is 2.19. The van der Waals surface area contributed by atoms with Crippen LogP contribution >= 0.6 is 0 Å². The Morgan fingerprint density at radius 2 is 2.00 bits per heavy atom. The highest BCUT2D eigenvalue weighted by Crippen LogP contribution is 2.37. The number of aromatic nitrogens is 4. The second-order valence-electron chi connectivity index (χ2n) is 7.22. The van der Waals surface area contributed by atoms with Gasteiger partial charge in [0, 0.05) is 22.2 Å². The van der Waals surface area contributed by atoms with Crippen LogP contribution in [0.5, 0.6) is 0 Å². The molecular weight excluding hydrogens is 354 g/mol. The summed E-state index contributed by atoms with van der Waals surface area (Å²) in [7, 11) is 0. The van der Waals surface area contributed by atoms with Gasteiger partial charge < -0.3 is 9.73 Å². The fourth-order valence-electron chi connectivity index (χ4n) is 3.47. The van der Waals surface area contributed by atoms with Crippen LogP contribution in [0.3, 0.4) is 0 Å². The van der Waals surface area contributed by atoms with Gasteiger partial charge in [0.15, 0.2) is 11.6 Å². The number of hydrogen-bond donors (Lipinski definition) is 1. The number of rotatable bonds is 4. The molecule has 2 aromatic carbocycles. The fraction of sp³-hybridized carbons (Fsp3) is 0.238. The molecule has 1 aliphatic rings. The normalized spacial score (nSPS) is 13.8. The molecule has 7 heteroatoms. The van der Waals surface area contributed by atoms with Gasteiger partial charge in [-0.2, -0.15) is 0 Å². The zero-order valence-corrected chi connectivity index (χ0v) is 15.6. The summed E-state index contributed by atoms with van der Waals surface area (Å²) in [5.41, 5.74) is 4.14. The quantitative estimate of drug-likeness (QED) is 0.577. The lowest BCUT2D eigenvalue weighted by Crippen LogP contribution is -2.12. The second-order valence-corrected chi connectivity index (χ2v) is 7.22. The number of fused-ring (bicyclic) bond motifs is 1. The Balaban J connectivity index is 1.45. The predicted molar refractivity (Wildman–Crippen MR) is 105 cm³/mol. The number of hydrogen-bond acceptors (Lipinski definition) is 5. The highest BCUT2D eigenvalue weighted by atomic mass is 16.3. The number of furan rings is 1. The molecule has 0 atom stereocenters. The summed E-state index contributed by atoms with van der Waals surface area (Å²) in [4.78, 5) is 12.8. The third-order valence-corrected chi connectivity index (χ3v) is 5.13. The first-order valence-electron chi connectivity index (χ1n) is 9.30. The lowest BCUT2D eigenvalue weighted by molar-refractivity contribution is 0.0998. The molecular formula is C21H19N5O2. The van der Waals surface area contributed by atoms with Gasteiger partial charge in [-0.25, -0.2) is 4.68 Å². The van der Waals surface area contributed by atoms with Crippen molar-refractivity contribution in [2.75, 3.05) is 5.32 Å². The Bertz CT molecular complexity index is 1200. The zero-order chi connectivity index (χ0) is 19.3. The molecule has 0 radical (unpaired) electrons. The second kappa shape index (κ2) is 6.30. The summed E-state index contributed by atoms with van der Waals surface area (Å²) in [5, 5.41) is 15.9. The van der Waals surface area contributed by atoms with Crippen LogP contribution in [-0.2, 0) is 0 Å². The molecule has 1 N–H and O–H groups in total. The van der Waals surface area contributed by atoms with Crippen LogP contribution in [0, 0.1) is 13.8 Å². The number of carbonyl (C=O) groups excluding carboxylic acids is 1. The van der Waals surface area contributed by atoms with E-state index in [0.717, 1.165) is 40.5 Å². The first-order chi connectivity index (χ1) is 13.6.